The van der Waals surface area contributed by atoms with Crippen LogP contribution in [0.3, 0.4) is 0 Å². The van der Waals surface area contributed by atoms with E-state index in [0.717, 1.165) is 0 Å². The number of nitrogens with one attached hydrogen (secondary N) is 2. The Kier molecular flexibility index (Phi) is 7.30. The zero-order valence-corrected chi connectivity index (χ0v) is 12.9. The van der Waals surface area contributed by atoms with Crippen LogP contribution in [0, 0.1) is 0 Å². The Bertz CT molecular complexity index is 542. The van der Waals surface area contributed by atoms with Crippen molar-refractivity contribution in [3.05, 3.63) is 29.8 Å². The molecule has 1 amide bonds. The van der Waals surface area contributed by atoms with Crippen LogP contribution >= 0.6 is 0 Å². The van der Waals surface area contributed by atoms with Gasteiger partial charge in [-0.1, -0.05) is 0 Å². The summed E-state index contributed by atoms with van der Waals surface area (Å²) >= 11 is 0. The summed E-state index contributed by atoms with van der Waals surface area (Å²) in [6.07, 6.45) is 0. The molecule has 7 nitrogen and oxygen atoms in total. The van der Waals surface area contributed by atoms with E-state index >= 15 is 0 Å². The van der Waals surface area contributed by atoms with Crippen molar-refractivity contribution in [1.82, 2.24) is 10.0 Å². The highest BCUT2D eigenvalue weighted by Gasteiger charge is 2.14. The lowest BCUT2D eigenvalue weighted by Crippen LogP contribution is -2.28. The van der Waals surface area contributed by atoms with E-state index in [0.29, 0.717) is 25.3 Å². The standard InChI is InChI=1S/C13H20N2O5S/c1-19-9-7-14-13(16)11-3-5-12(6-4-11)21(17,18)15-8-10-20-2/h3-6,15H,7-10H2,1-2H3,(H,14,16). The lowest BCUT2D eigenvalue weighted by Gasteiger charge is -2.08. The Hall–Kier alpha value is -1.48. The third-order valence-corrected chi connectivity index (χ3v) is 4.09. The highest BCUT2D eigenvalue weighted by molar-refractivity contribution is 7.89. The van der Waals surface area contributed by atoms with Gasteiger partial charge in [-0.2, -0.15) is 0 Å². The third-order valence-electron chi connectivity index (χ3n) is 2.62. The van der Waals surface area contributed by atoms with Crippen molar-refractivity contribution in [2.24, 2.45) is 0 Å². The first-order valence-electron chi connectivity index (χ1n) is 6.37. The van der Waals surface area contributed by atoms with Crippen molar-refractivity contribution in [3.8, 4) is 0 Å². The molecule has 8 heteroatoms. The van der Waals surface area contributed by atoms with E-state index in [9.17, 15) is 13.2 Å². The first kappa shape index (κ1) is 17.6. The molecule has 0 heterocycles. The summed E-state index contributed by atoms with van der Waals surface area (Å²) in [5.41, 5.74) is 0.391. The van der Waals surface area contributed by atoms with Gasteiger partial charge in [0.05, 0.1) is 18.1 Å². The maximum absolute atomic E-state index is 11.9. The molecule has 118 valence electrons. The van der Waals surface area contributed by atoms with E-state index in [4.69, 9.17) is 9.47 Å². The number of ether oxygens (including phenoxy) is 2. The van der Waals surface area contributed by atoms with Crippen molar-refractivity contribution in [3.63, 3.8) is 0 Å². The summed E-state index contributed by atoms with van der Waals surface area (Å²) < 4.78 is 35.8. The second-order valence-electron chi connectivity index (χ2n) is 4.16. The molecule has 0 spiro atoms. The van der Waals surface area contributed by atoms with E-state index in [1.807, 2.05) is 0 Å². The van der Waals surface area contributed by atoms with Crippen LogP contribution in [0.15, 0.2) is 29.2 Å². The van der Waals surface area contributed by atoms with Crippen LogP contribution in [-0.2, 0) is 19.5 Å². The number of sulfonamides is 1. The summed E-state index contributed by atoms with van der Waals surface area (Å²) in [5.74, 6) is -0.275. The average molecular weight is 316 g/mol. The molecule has 0 aliphatic heterocycles. The van der Waals surface area contributed by atoms with E-state index in [2.05, 4.69) is 10.0 Å². The number of hydrogen-bond donors (Lipinski definition) is 2. The molecule has 0 aromatic heterocycles. The van der Waals surface area contributed by atoms with E-state index in [-0.39, 0.29) is 17.3 Å². The number of benzene rings is 1. The van der Waals surface area contributed by atoms with Crippen LogP contribution in [0.25, 0.3) is 0 Å². The van der Waals surface area contributed by atoms with Crippen LogP contribution in [0.1, 0.15) is 10.4 Å². The molecule has 2 N–H and O–H groups in total. The smallest absolute Gasteiger partial charge is 0.251 e. The molecule has 0 saturated heterocycles. The van der Waals surface area contributed by atoms with Gasteiger partial charge < -0.3 is 14.8 Å². The molecule has 0 radical (unpaired) electrons. The molecule has 0 atom stereocenters. The Labute approximate surface area is 124 Å². The summed E-state index contributed by atoms with van der Waals surface area (Å²) in [5, 5.41) is 2.65. The van der Waals surface area contributed by atoms with Gasteiger partial charge >= 0.3 is 0 Å². The Balaban J connectivity index is 2.66. The number of amides is 1. The summed E-state index contributed by atoms with van der Waals surface area (Å²) in [6, 6.07) is 5.71. The highest BCUT2D eigenvalue weighted by Crippen LogP contribution is 2.10. The number of carbonyl (C=O) groups is 1. The van der Waals surface area contributed by atoms with Gasteiger partial charge in [0.15, 0.2) is 0 Å². The molecule has 0 aliphatic rings. The Morgan fingerprint density at radius 3 is 2.19 bits per heavy atom. The summed E-state index contributed by atoms with van der Waals surface area (Å²) in [7, 11) is -0.542. The van der Waals surface area contributed by atoms with Gasteiger partial charge in [-0.3, -0.25) is 4.79 Å². The lowest BCUT2D eigenvalue weighted by molar-refractivity contribution is 0.0937. The number of methoxy groups -OCH3 is 2. The predicted octanol–water partition coefficient (Wildman–Crippen LogP) is -0.0125. The first-order valence-corrected chi connectivity index (χ1v) is 7.85. The second kappa shape index (κ2) is 8.73. The predicted molar refractivity (Wildman–Crippen MR) is 77.7 cm³/mol. The number of hydrogen-bond acceptors (Lipinski definition) is 5. The topological polar surface area (TPSA) is 93.7 Å². The molecule has 0 saturated carbocycles. The minimum absolute atomic E-state index is 0.104. The molecule has 1 rings (SSSR count). The summed E-state index contributed by atoms with van der Waals surface area (Å²) in [6.45, 7) is 1.30. The molecule has 0 aliphatic carbocycles. The minimum Gasteiger partial charge on any atom is -0.383 e. The molecule has 0 bridgehead atoms. The van der Waals surface area contributed by atoms with Crippen LogP contribution in [-0.4, -0.2) is 54.8 Å². The van der Waals surface area contributed by atoms with E-state index in [1.165, 1.54) is 31.4 Å². The minimum atomic E-state index is -3.58. The third kappa shape index (κ3) is 5.80. The summed E-state index contributed by atoms with van der Waals surface area (Å²) in [4.78, 5) is 11.8. The van der Waals surface area contributed by atoms with Crippen LogP contribution in [0.5, 0.6) is 0 Å². The van der Waals surface area contributed by atoms with Crippen LogP contribution in [0.2, 0.25) is 0 Å². The average Bonchev–Trinajstić information content (AvgIpc) is 2.47. The molecular weight excluding hydrogens is 296 g/mol. The van der Waals surface area contributed by atoms with Crippen molar-refractivity contribution in [1.29, 1.82) is 0 Å². The lowest BCUT2D eigenvalue weighted by atomic mass is 10.2. The molecule has 0 unspecified atom stereocenters. The van der Waals surface area contributed by atoms with Crippen molar-refractivity contribution >= 4 is 15.9 Å². The fourth-order valence-electron chi connectivity index (χ4n) is 1.52. The zero-order valence-electron chi connectivity index (χ0n) is 12.1. The maximum Gasteiger partial charge on any atom is 0.251 e. The Morgan fingerprint density at radius 1 is 1.05 bits per heavy atom. The monoisotopic (exact) mass is 316 g/mol. The second-order valence-corrected chi connectivity index (χ2v) is 5.93. The van der Waals surface area contributed by atoms with Crippen molar-refractivity contribution in [2.45, 2.75) is 4.90 Å². The highest BCUT2D eigenvalue weighted by atomic mass is 32.2. The van der Waals surface area contributed by atoms with Gasteiger partial charge in [-0.15, -0.1) is 0 Å². The molecule has 1 aromatic carbocycles. The number of rotatable bonds is 9. The van der Waals surface area contributed by atoms with E-state index < -0.39 is 10.0 Å². The van der Waals surface area contributed by atoms with Gasteiger partial charge in [0, 0.05) is 32.9 Å². The van der Waals surface area contributed by atoms with Gasteiger partial charge in [-0.25, -0.2) is 13.1 Å². The Morgan fingerprint density at radius 2 is 1.62 bits per heavy atom. The first-order chi connectivity index (χ1) is 10.0. The molecule has 1 aromatic rings. The zero-order chi connectivity index (χ0) is 15.7. The maximum atomic E-state index is 11.9. The fourth-order valence-corrected chi connectivity index (χ4v) is 2.53. The van der Waals surface area contributed by atoms with E-state index in [1.54, 1.807) is 7.11 Å². The number of carbonyl (C=O) groups excluding carboxylic acids is 1. The van der Waals surface area contributed by atoms with Crippen LogP contribution in [0.4, 0.5) is 0 Å². The molecular formula is C13H20N2O5S. The van der Waals surface area contributed by atoms with Crippen molar-refractivity contribution in [2.75, 3.05) is 40.5 Å². The van der Waals surface area contributed by atoms with Crippen molar-refractivity contribution < 1.29 is 22.7 Å². The van der Waals surface area contributed by atoms with Gasteiger partial charge in [0.1, 0.15) is 0 Å². The normalized spacial score (nSPS) is 11.3. The van der Waals surface area contributed by atoms with Gasteiger partial charge in [0.2, 0.25) is 10.0 Å². The SMILES string of the molecule is COCCNC(=O)c1ccc(S(=O)(=O)NCCOC)cc1. The molecule has 21 heavy (non-hydrogen) atoms. The fraction of sp³-hybridized carbons (Fsp3) is 0.462. The van der Waals surface area contributed by atoms with Gasteiger partial charge in [-0.05, 0) is 24.3 Å². The quantitative estimate of drug-likeness (QED) is 0.625. The van der Waals surface area contributed by atoms with Crippen LogP contribution < -0.4 is 10.0 Å². The molecule has 0 fully saturated rings. The van der Waals surface area contributed by atoms with Gasteiger partial charge in [0.25, 0.3) is 5.91 Å². The largest absolute Gasteiger partial charge is 0.383 e.